The summed E-state index contributed by atoms with van der Waals surface area (Å²) in [6.45, 7) is 9.27. The number of amides is 1. The van der Waals surface area contributed by atoms with Crippen molar-refractivity contribution in [3.63, 3.8) is 0 Å². The van der Waals surface area contributed by atoms with E-state index in [4.69, 9.17) is 4.52 Å². The molecule has 0 saturated heterocycles. The molecule has 1 heterocycles. The molecule has 1 aromatic carbocycles. The van der Waals surface area contributed by atoms with Crippen molar-refractivity contribution < 1.29 is 9.32 Å². The minimum absolute atomic E-state index is 0.157. The molecule has 1 N–H and O–H groups in total. The molecule has 0 bridgehead atoms. The smallest absolute Gasteiger partial charge is 0.252 e. The van der Waals surface area contributed by atoms with Crippen LogP contribution in [0.15, 0.2) is 21.1 Å². The fourth-order valence-electron chi connectivity index (χ4n) is 1.99. The zero-order valence-electron chi connectivity index (χ0n) is 12.7. The van der Waals surface area contributed by atoms with Gasteiger partial charge in [0.15, 0.2) is 5.82 Å². The van der Waals surface area contributed by atoms with Gasteiger partial charge in [0.1, 0.15) is 0 Å². The topological polar surface area (TPSA) is 68.0 Å². The Bertz CT molecular complexity index is 692. The maximum absolute atomic E-state index is 12.5. The van der Waals surface area contributed by atoms with Gasteiger partial charge in [-0.15, -0.1) is 0 Å². The van der Waals surface area contributed by atoms with Crippen LogP contribution < -0.4 is 5.32 Å². The molecule has 0 atom stereocenters. The van der Waals surface area contributed by atoms with Gasteiger partial charge >= 0.3 is 0 Å². The van der Waals surface area contributed by atoms with E-state index in [0.29, 0.717) is 17.3 Å². The summed E-state index contributed by atoms with van der Waals surface area (Å²) in [5.74, 6) is 0.776. The third kappa shape index (κ3) is 3.32. The van der Waals surface area contributed by atoms with E-state index >= 15 is 0 Å². The number of carbonyl (C=O) groups is 1. The Morgan fingerprint density at radius 1 is 1.24 bits per heavy atom. The lowest BCUT2D eigenvalue weighted by molar-refractivity contribution is 0.0906. The summed E-state index contributed by atoms with van der Waals surface area (Å²) in [7, 11) is 0. The lowest BCUT2D eigenvalue weighted by Crippen LogP contribution is -2.42. The van der Waals surface area contributed by atoms with Gasteiger partial charge in [-0.25, -0.2) is 0 Å². The highest BCUT2D eigenvalue weighted by atomic mass is 79.9. The van der Waals surface area contributed by atoms with Gasteiger partial charge in [0.2, 0.25) is 5.89 Å². The van der Waals surface area contributed by atoms with Crippen LogP contribution in [0.5, 0.6) is 0 Å². The van der Waals surface area contributed by atoms with E-state index < -0.39 is 5.54 Å². The minimum Gasteiger partial charge on any atom is -0.340 e. The molecule has 112 valence electrons. The van der Waals surface area contributed by atoms with Gasteiger partial charge in [0, 0.05) is 17.0 Å². The van der Waals surface area contributed by atoms with Crippen molar-refractivity contribution in [1.29, 1.82) is 0 Å². The van der Waals surface area contributed by atoms with Crippen LogP contribution >= 0.6 is 15.9 Å². The van der Waals surface area contributed by atoms with E-state index in [1.807, 2.05) is 39.8 Å². The molecular formula is C15H18BrN3O2. The fourth-order valence-corrected chi connectivity index (χ4v) is 2.44. The van der Waals surface area contributed by atoms with Crippen molar-refractivity contribution in [3.05, 3.63) is 45.0 Å². The summed E-state index contributed by atoms with van der Waals surface area (Å²) in [6, 6.07) is 3.81. The quantitative estimate of drug-likeness (QED) is 0.919. The molecule has 6 heteroatoms. The van der Waals surface area contributed by atoms with Crippen LogP contribution in [0.1, 0.15) is 47.0 Å². The molecule has 0 saturated carbocycles. The average molecular weight is 352 g/mol. The summed E-state index contributed by atoms with van der Waals surface area (Å²) in [5.41, 5.74) is 1.86. The molecule has 5 nitrogen and oxygen atoms in total. The number of nitrogens with zero attached hydrogens (tertiary/aromatic N) is 2. The van der Waals surface area contributed by atoms with Gasteiger partial charge in [0.25, 0.3) is 5.91 Å². The molecule has 2 aromatic rings. The first-order chi connectivity index (χ1) is 9.70. The molecule has 0 radical (unpaired) electrons. The first-order valence-electron chi connectivity index (χ1n) is 6.61. The number of hydrogen-bond donors (Lipinski definition) is 1. The molecule has 0 aliphatic heterocycles. The third-order valence-corrected chi connectivity index (χ3v) is 4.12. The van der Waals surface area contributed by atoms with Crippen molar-refractivity contribution in [2.45, 2.75) is 40.2 Å². The van der Waals surface area contributed by atoms with Crippen LogP contribution in [0.3, 0.4) is 0 Å². The van der Waals surface area contributed by atoms with E-state index in [9.17, 15) is 4.79 Å². The second kappa shape index (κ2) is 5.60. The Hall–Kier alpha value is -1.69. The van der Waals surface area contributed by atoms with Gasteiger partial charge in [-0.05, 0) is 51.0 Å². The monoisotopic (exact) mass is 351 g/mol. The molecule has 0 fully saturated rings. The Morgan fingerprint density at radius 3 is 2.48 bits per heavy atom. The minimum atomic E-state index is -0.706. The predicted molar refractivity (Wildman–Crippen MR) is 83.1 cm³/mol. The highest BCUT2D eigenvalue weighted by molar-refractivity contribution is 9.10. The van der Waals surface area contributed by atoms with Gasteiger partial charge in [0.05, 0.1) is 5.54 Å². The van der Waals surface area contributed by atoms with Crippen LogP contribution in [0.4, 0.5) is 0 Å². The Labute approximate surface area is 132 Å². The number of aryl methyl sites for hydroxylation is 3. The molecular weight excluding hydrogens is 334 g/mol. The largest absolute Gasteiger partial charge is 0.340 e. The molecule has 21 heavy (non-hydrogen) atoms. The van der Waals surface area contributed by atoms with Gasteiger partial charge < -0.3 is 9.84 Å². The Balaban J connectivity index is 2.27. The molecule has 0 unspecified atom stereocenters. The highest BCUT2D eigenvalue weighted by Gasteiger charge is 2.29. The number of hydrogen-bond acceptors (Lipinski definition) is 4. The summed E-state index contributed by atoms with van der Waals surface area (Å²) >= 11 is 3.47. The number of carbonyl (C=O) groups excluding carboxylic acids is 1. The second-order valence-electron chi connectivity index (χ2n) is 5.63. The van der Waals surface area contributed by atoms with Gasteiger partial charge in [-0.3, -0.25) is 4.79 Å². The number of rotatable bonds is 3. The SMILES string of the molecule is Cc1nc(C(C)(C)NC(=O)c2cc(C)c(Br)cc2C)no1. The zero-order valence-corrected chi connectivity index (χ0v) is 14.3. The summed E-state index contributed by atoms with van der Waals surface area (Å²) in [5, 5.41) is 6.83. The first-order valence-corrected chi connectivity index (χ1v) is 7.40. The highest BCUT2D eigenvalue weighted by Crippen LogP contribution is 2.23. The zero-order chi connectivity index (χ0) is 15.8. The molecule has 1 aromatic heterocycles. The first kappa shape index (κ1) is 15.7. The molecule has 1 amide bonds. The lowest BCUT2D eigenvalue weighted by atomic mass is 10.0. The molecule has 2 rings (SSSR count). The van der Waals surface area contributed by atoms with Crippen molar-refractivity contribution in [2.24, 2.45) is 0 Å². The van der Waals surface area contributed by atoms with Crippen molar-refractivity contribution in [3.8, 4) is 0 Å². The second-order valence-corrected chi connectivity index (χ2v) is 6.49. The van der Waals surface area contributed by atoms with Crippen LogP contribution in [0.25, 0.3) is 0 Å². The number of aromatic nitrogens is 2. The average Bonchev–Trinajstić information content (AvgIpc) is 2.80. The maximum Gasteiger partial charge on any atom is 0.252 e. The molecule has 0 spiro atoms. The van der Waals surface area contributed by atoms with Crippen molar-refractivity contribution in [1.82, 2.24) is 15.5 Å². The molecule has 0 aliphatic carbocycles. The number of halogens is 1. The summed E-state index contributed by atoms with van der Waals surface area (Å²) in [4.78, 5) is 16.7. The fraction of sp³-hybridized carbons (Fsp3) is 0.400. The van der Waals surface area contributed by atoms with E-state index in [0.717, 1.165) is 15.6 Å². The number of nitrogens with one attached hydrogen (secondary N) is 1. The van der Waals surface area contributed by atoms with E-state index in [2.05, 4.69) is 31.4 Å². The van der Waals surface area contributed by atoms with E-state index in [-0.39, 0.29) is 5.91 Å². The van der Waals surface area contributed by atoms with E-state index in [1.54, 1.807) is 6.92 Å². The Morgan fingerprint density at radius 2 is 1.90 bits per heavy atom. The van der Waals surface area contributed by atoms with Crippen molar-refractivity contribution >= 4 is 21.8 Å². The van der Waals surface area contributed by atoms with Crippen molar-refractivity contribution in [2.75, 3.05) is 0 Å². The van der Waals surface area contributed by atoms with E-state index in [1.165, 1.54) is 0 Å². The normalized spacial score (nSPS) is 11.5. The lowest BCUT2D eigenvalue weighted by Gasteiger charge is -2.23. The Kier molecular flexibility index (Phi) is 4.18. The van der Waals surface area contributed by atoms with Gasteiger partial charge in [-0.2, -0.15) is 4.98 Å². The van der Waals surface area contributed by atoms with Crippen LogP contribution in [0, 0.1) is 20.8 Å². The summed E-state index contributed by atoms with van der Waals surface area (Å²) < 4.78 is 5.97. The standard InChI is InChI=1S/C15H18BrN3O2/c1-8-7-12(16)9(2)6-11(8)13(20)18-15(4,5)14-17-10(3)21-19-14/h6-7H,1-5H3,(H,18,20). The van der Waals surface area contributed by atoms with Crippen LogP contribution in [-0.2, 0) is 5.54 Å². The maximum atomic E-state index is 12.5. The third-order valence-electron chi connectivity index (χ3n) is 3.26. The number of benzene rings is 1. The summed E-state index contributed by atoms with van der Waals surface area (Å²) in [6.07, 6.45) is 0. The molecule has 0 aliphatic rings. The predicted octanol–water partition coefficient (Wildman–Crippen LogP) is 3.42. The van der Waals surface area contributed by atoms with Gasteiger partial charge in [-0.1, -0.05) is 21.1 Å². The van der Waals surface area contributed by atoms with Crippen LogP contribution in [0.2, 0.25) is 0 Å². The van der Waals surface area contributed by atoms with Crippen LogP contribution in [-0.4, -0.2) is 16.0 Å².